The molecule has 0 spiro atoms. The summed E-state index contributed by atoms with van der Waals surface area (Å²) in [5.74, 6) is 0. The average Bonchev–Trinajstić information content (AvgIpc) is 1.81. The highest BCUT2D eigenvalue weighted by Gasteiger charge is 2.55. The molecule has 1 fully saturated rings. The first-order valence-electron chi connectivity index (χ1n) is 1.99. The van der Waals surface area contributed by atoms with Crippen molar-refractivity contribution >= 4 is 46.4 Å². The van der Waals surface area contributed by atoms with E-state index in [0.29, 0.717) is 0 Å². The first-order chi connectivity index (χ1) is 3.96. The van der Waals surface area contributed by atoms with Gasteiger partial charge in [-0.3, -0.25) is 0 Å². The van der Waals surface area contributed by atoms with Crippen molar-refractivity contribution in [2.24, 2.45) is 0 Å². The van der Waals surface area contributed by atoms with Crippen LogP contribution in [-0.4, -0.2) is 15.8 Å². The second-order valence-corrected chi connectivity index (χ2v) is 3.96. The largest absolute Gasteiger partial charge is 0.315 e. The zero-order valence-corrected chi connectivity index (χ0v) is 7.06. The van der Waals surface area contributed by atoms with Crippen LogP contribution >= 0.6 is 46.4 Å². The van der Waals surface area contributed by atoms with Gasteiger partial charge in [0.05, 0.1) is 0 Å². The molecule has 0 radical (unpaired) electrons. The number of alkyl halides is 4. The number of hydrogen-bond donors (Lipinski definition) is 0. The van der Waals surface area contributed by atoms with Gasteiger partial charge in [0.1, 0.15) is 0 Å². The van der Waals surface area contributed by atoms with E-state index in [1.165, 1.54) is 0 Å². The normalized spacial score (nSPS) is 30.7. The van der Waals surface area contributed by atoms with Crippen LogP contribution in [0.2, 0.25) is 0 Å². The van der Waals surface area contributed by atoms with Crippen LogP contribution in [0.1, 0.15) is 0 Å². The third-order valence-corrected chi connectivity index (χ3v) is 2.71. The summed E-state index contributed by atoms with van der Waals surface area (Å²) in [6.07, 6.45) is 0. The summed E-state index contributed by atoms with van der Waals surface area (Å²) in [7, 11) is 0. The predicted molar refractivity (Wildman–Crippen MR) is 35.9 cm³/mol. The quantitative estimate of drug-likeness (QED) is 0.573. The van der Waals surface area contributed by atoms with Crippen LogP contribution < -0.4 is 0 Å². The Morgan fingerprint density at radius 1 is 0.889 bits per heavy atom. The predicted octanol–water partition coefficient (Wildman–Crippen LogP) is 2.25. The summed E-state index contributed by atoms with van der Waals surface area (Å²) in [5.41, 5.74) is 0. The lowest BCUT2D eigenvalue weighted by Gasteiger charge is -2.19. The van der Waals surface area contributed by atoms with Crippen molar-refractivity contribution in [3.8, 4) is 0 Å². The smallest absolute Gasteiger partial charge is 0.279 e. The van der Waals surface area contributed by atoms with Gasteiger partial charge in [0.2, 0.25) is 0 Å². The minimum atomic E-state index is -1.66. The molecule has 0 aromatic rings. The molecule has 1 saturated heterocycles. The third-order valence-electron chi connectivity index (χ3n) is 0.819. The molecule has 9 heavy (non-hydrogen) atoms. The van der Waals surface area contributed by atoms with Gasteiger partial charge in [-0.15, -0.1) is 0 Å². The van der Waals surface area contributed by atoms with E-state index in [1.807, 2.05) is 0 Å². The lowest BCUT2D eigenvalue weighted by molar-refractivity contribution is 0.0474. The van der Waals surface area contributed by atoms with Gasteiger partial charge in [0, 0.05) is 0 Å². The summed E-state index contributed by atoms with van der Waals surface area (Å²) in [5, 5.41) is 0. The Hall–Kier alpha value is 1.08. The van der Waals surface area contributed by atoms with Crippen molar-refractivity contribution in [1.29, 1.82) is 0 Å². The molecule has 0 N–H and O–H groups in total. The lowest BCUT2D eigenvalue weighted by Crippen LogP contribution is -2.31. The van der Waals surface area contributed by atoms with Gasteiger partial charge in [-0.25, -0.2) is 0 Å². The molecule has 2 nitrogen and oxygen atoms in total. The summed E-state index contributed by atoms with van der Waals surface area (Å²) in [6, 6.07) is 0. The van der Waals surface area contributed by atoms with Crippen molar-refractivity contribution in [3.05, 3.63) is 0 Å². The highest BCUT2D eigenvalue weighted by Crippen LogP contribution is 2.48. The van der Waals surface area contributed by atoms with E-state index in [-0.39, 0.29) is 6.79 Å². The Morgan fingerprint density at radius 3 is 1.33 bits per heavy atom. The maximum Gasteiger partial charge on any atom is 0.279 e. The van der Waals surface area contributed by atoms with E-state index in [9.17, 15) is 0 Å². The fraction of sp³-hybridized carbons (Fsp3) is 1.00. The van der Waals surface area contributed by atoms with Gasteiger partial charge in [0.25, 0.3) is 9.04 Å². The molecule has 0 unspecified atom stereocenters. The van der Waals surface area contributed by atoms with Crippen LogP contribution in [0.25, 0.3) is 0 Å². The van der Waals surface area contributed by atoms with Crippen LogP contribution in [0.5, 0.6) is 0 Å². The van der Waals surface area contributed by atoms with Crippen molar-refractivity contribution in [1.82, 2.24) is 0 Å². The fourth-order valence-corrected chi connectivity index (χ4v) is 0.742. The number of halogens is 4. The molecular formula is C3H2Cl4O2. The molecule has 0 saturated carbocycles. The van der Waals surface area contributed by atoms with E-state index in [0.717, 1.165) is 0 Å². The second kappa shape index (κ2) is 2.29. The molecule has 1 aliphatic heterocycles. The standard InChI is InChI=1S/C3H2Cl4O2/c4-2(5)3(6,7)9-1-8-2/h1H2. The maximum absolute atomic E-state index is 5.41. The highest BCUT2D eigenvalue weighted by molar-refractivity contribution is 6.61. The van der Waals surface area contributed by atoms with E-state index >= 15 is 0 Å². The average molecular weight is 212 g/mol. The van der Waals surface area contributed by atoms with Crippen molar-refractivity contribution < 1.29 is 9.47 Å². The second-order valence-electron chi connectivity index (χ2n) is 1.44. The molecule has 54 valence electrons. The minimum absolute atomic E-state index is 0.0972. The molecule has 6 heteroatoms. The number of rotatable bonds is 0. The van der Waals surface area contributed by atoms with Gasteiger partial charge >= 0.3 is 0 Å². The Bertz CT molecular complexity index is 109. The molecule has 0 bridgehead atoms. The van der Waals surface area contributed by atoms with Crippen LogP contribution in [-0.2, 0) is 9.47 Å². The summed E-state index contributed by atoms with van der Waals surface area (Å²) in [4.78, 5) is 0. The van der Waals surface area contributed by atoms with Gasteiger partial charge in [-0.2, -0.15) is 0 Å². The molecule has 0 atom stereocenters. The first-order valence-corrected chi connectivity index (χ1v) is 3.50. The zero-order chi connectivity index (χ0) is 7.12. The fourth-order valence-electron chi connectivity index (χ4n) is 0.346. The SMILES string of the molecule is ClC1(Cl)OCOC1(Cl)Cl. The summed E-state index contributed by atoms with van der Waals surface area (Å²) >= 11 is 21.7. The van der Waals surface area contributed by atoms with Gasteiger partial charge in [0.15, 0.2) is 6.79 Å². The van der Waals surface area contributed by atoms with Gasteiger partial charge in [-0.05, 0) is 0 Å². The molecule has 1 heterocycles. The molecule has 1 rings (SSSR count). The third kappa shape index (κ3) is 1.39. The Balaban J connectivity index is 2.75. The molecular weight excluding hydrogens is 210 g/mol. The topological polar surface area (TPSA) is 18.5 Å². The maximum atomic E-state index is 5.41. The van der Waals surface area contributed by atoms with Crippen LogP contribution in [0, 0.1) is 0 Å². The van der Waals surface area contributed by atoms with Crippen molar-refractivity contribution in [2.45, 2.75) is 9.04 Å². The van der Waals surface area contributed by atoms with Gasteiger partial charge < -0.3 is 9.47 Å². The van der Waals surface area contributed by atoms with Crippen LogP contribution in [0.15, 0.2) is 0 Å². The molecule has 0 amide bonds. The first kappa shape index (κ1) is 8.18. The highest BCUT2D eigenvalue weighted by atomic mass is 35.5. The Kier molecular flexibility index (Phi) is 2.08. The number of ether oxygens (including phenoxy) is 2. The van der Waals surface area contributed by atoms with Crippen LogP contribution in [0.4, 0.5) is 0 Å². The summed E-state index contributed by atoms with van der Waals surface area (Å²) < 4.78 is 5.89. The summed E-state index contributed by atoms with van der Waals surface area (Å²) in [6.45, 7) is -0.0972. The molecule has 0 aromatic heterocycles. The van der Waals surface area contributed by atoms with Gasteiger partial charge in [-0.1, -0.05) is 46.4 Å². The zero-order valence-electron chi connectivity index (χ0n) is 4.04. The van der Waals surface area contributed by atoms with E-state index in [1.54, 1.807) is 0 Å². The monoisotopic (exact) mass is 210 g/mol. The minimum Gasteiger partial charge on any atom is -0.315 e. The van der Waals surface area contributed by atoms with E-state index in [2.05, 4.69) is 9.47 Å². The number of hydrogen-bond acceptors (Lipinski definition) is 2. The van der Waals surface area contributed by atoms with Crippen LogP contribution in [0.3, 0.4) is 0 Å². The lowest BCUT2D eigenvalue weighted by atomic mass is 10.7. The molecule has 0 aromatic carbocycles. The molecule has 1 aliphatic rings. The Labute approximate surface area is 71.9 Å². The van der Waals surface area contributed by atoms with E-state index in [4.69, 9.17) is 46.4 Å². The Morgan fingerprint density at radius 2 is 1.22 bits per heavy atom. The van der Waals surface area contributed by atoms with Crippen molar-refractivity contribution in [2.75, 3.05) is 6.79 Å². The van der Waals surface area contributed by atoms with E-state index < -0.39 is 9.04 Å². The molecule has 0 aliphatic carbocycles. The van der Waals surface area contributed by atoms with Crippen molar-refractivity contribution in [3.63, 3.8) is 0 Å².